The molecule has 0 saturated heterocycles. The predicted molar refractivity (Wildman–Crippen MR) is 168 cm³/mol. The number of para-hydroxylation sites is 1. The van der Waals surface area contributed by atoms with Crippen LogP contribution in [-0.2, 0) is 4.79 Å². The van der Waals surface area contributed by atoms with E-state index in [9.17, 15) is 9.59 Å². The Hall–Kier alpha value is -4.66. The van der Waals surface area contributed by atoms with Gasteiger partial charge in [0.15, 0.2) is 5.16 Å². The summed E-state index contributed by atoms with van der Waals surface area (Å²) in [6.07, 6.45) is 0. The molecule has 202 valence electrons. The average Bonchev–Trinajstić information content (AvgIpc) is 3.46. The van der Waals surface area contributed by atoms with Crippen LogP contribution in [-0.4, -0.2) is 28.3 Å². The highest BCUT2D eigenvalue weighted by molar-refractivity contribution is 7.99. The van der Waals surface area contributed by atoms with Crippen LogP contribution in [0.3, 0.4) is 0 Å². The minimum atomic E-state index is -0.179. The fourth-order valence-corrected chi connectivity index (χ4v) is 6.36. The number of fused-ring (bicyclic) bond motifs is 1. The molecule has 0 aliphatic heterocycles. The minimum absolute atomic E-state index is 0.0991. The lowest BCUT2D eigenvalue weighted by atomic mass is 10.1. The van der Waals surface area contributed by atoms with Crippen molar-refractivity contribution in [3.05, 3.63) is 125 Å². The average molecular weight is 576 g/mol. The third kappa shape index (κ3) is 5.66. The van der Waals surface area contributed by atoms with Gasteiger partial charge in [0, 0.05) is 16.6 Å². The molecule has 2 heterocycles. The zero-order valence-electron chi connectivity index (χ0n) is 22.1. The van der Waals surface area contributed by atoms with Gasteiger partial charge in [0.1, 0.15) is 10.6 Å². The summed E-state index contributed by atoms with van der Waals surface area (Å²) in [4.78, 5) is 32.4. The molecular formula is C33H25N3O3S2. The number of amides is 1. The van der Waals surface area contributed by atoms with E-state index in [-0.39, 0.29) is 17.2 Å². The summed E-state index contributed by atoms with van der Waals surface area (Å²) < 4.78 is 6.88. The summed E-state index contributed by atoms with van der Waals surface area (Å²) in [6.45, 7) is 0. The van der Waals surface area contributed by atoms with Gasteiger partial charge in [-0.05, 0) is 53.1 Å². The van der Waals surface area contributed by atoms with E-state index in [1.165, 1.54) is 23.1 Å². The summed E-state index contributed by atoms with van der Waals surface area (Å²) in [7, 11) is 1.62. The van der Waals surface area contributed by atoms with Gasteiger partial charge in [0.2, 0.25) is 5.91 Å². The molecule has 6 rings (SSSR count). The third-order valence-electron chi connectivity index (χ3n) is 6.60. The SMILES string of the molecule is COc1ccc(-c2csc3nc(SCC(=O)Nc4ccc(-c5ccccc5)cc4)n(-c4ccccc4)c(=O)c23)cc1. The summed E-state index contributed by atoms with van der Waals surface area (Å²) in [6, 6.07) is 34.8. The van der Waals surface area contributed by atoms with Crippen LogP contribution in [0.15, 0.2) is 125 Å². The molecule has 41 heavy (non-hydrogen) atoms. The largest absolute Gasteiger partial charge is 0.497 e. The molecule has 0 aliphatic carbocycles. The molecule has 0 spiro atoms. The Bertz CT molecular complexity index is 1870. The van der Waals surface area contributed by atoms with E-state index in [1.807, 2.05) is 115 Å². The fourth-order valence-electron chi connectivity index (χ4n) is 4.56. The van der Waals surface area contributed by atoms with Crippen LogP contribution in [0.25, 0.3) is 38.2 Å². The highest BCUT2D eigenvalue weighted by Gasteiger charge is 2.19. The number of rotatable bonds is 8. The Labute approximate surface area is 245 Å². The number of ether oxygens (including phenoxy) is 1. The van der Waals surface area contributed by atoms with Crippen molar-refractivity contribution < 1.29 is 9.53 Å². The highest BCUT2D eigenvalue weighted by atomic mass is 32.2. The van der Waals surface area contributed by atoms with E-state index in [2.05, 4.69) is 5.32 Å². The zero-order valence-corrected chi connectivity index (χ0v) is 23.7. The Morgan fingerprint density at radius 3 is 2.17 bits per heavy atom. The molecule has 0 bridgehead atoms. The summed E-state index contributed by atoms with van der Waals surface area (Å²) in [5.41, 5.74) is 5.15. The number of methoxy groups -OCH3 is 1. The number of thiophene rings is 1. The number of hydrogen-bond acceptors (Lipinski definition) is 6. The van der Waals surface area contributed by atoms with E-state index in [0.29, 0.717) is 26.7 Å². The van der Waals surface area contributed by atoms with E-state index in [0.717, 1.165) is 28.0 Å². The van der Waals surface area contributed by atoms with E-state index in [4.69, 9.17) is 9.72 Å². The quantitative estimate of drug-likeness (QED) is 0.150. The number of nitrogens with one attached hydrogen (secondary N) is 1. The van der Waals surface area contributed by atoms with Gasteiger partial charge in [-0.15, -0.1) is 11.3 Å². The lowest BCUT2D eigenvalue weighted by Gasteiger charge is -2.13. The number of anilines is 1. The van der Waals surface area contributed by atoms with Crippen molar-refractivity contribution in [2.45, 2.75) is 5.16 Å². The molecule has 0 fully saturated rings. The lowest BCUT2D eigenvalue weighted by molar-refractivity contribution is -0.113. The minimum Gasteiger partial charge on any atom is -0.497 e. The van der Waals surface area contributed by atoms with Crippen molar-refractivity contribution in [1.82, 2.24) is 9.55 Å². The maximum absolute atomic E-state index is 14.0. The van der Waals surface area contributed by atoms with Crippen molar-refractivity contribution in [1.29, 1.82) is 0 Å². The maximum Gasteiger partial charge on any atom is 0.268 e. The second-order valence-electron chi connectivity index (χ2n) is 9.21. The van der Waals surface area contributed by atoms with Crippen LogP contribution in [0.4, 0.5) is 5.69 Å². The van der Waals surface area contributed by atoms with Crippen LogP contribution in [0, 0.1) is 0 Å². The highest BCUT2D eigenvalue weighted by Crippen LogP contribution is 2.34. The van der Waals surface area contributed by atoms with Gasteiger partial charge in [0.25, 0.3) is 5.56 Å². The second kappa shape index (κ2) is 11.8. The molecule has 1 N–H and O–H groups in total. The van der Waals surface area contributed by atoms with Gasteiger partial charge in [-0.3, -0.25) is 14.2 Å². The molecule has 0 atom stereocenters. The van der Waals surface area contributed by atoms with Gasteiger partial charge in [-0.2, -0.15) is 0 Å². The summed E-state index contributed by atoms with van der Waals surface area (Å²) >= 11 is 2.66. The van der Waals surface area contributed by atoms with Crippen molar-refractivity contribution >= 4 is 44.9 Å². The van der Waals surface area contributed by atoms with Crippen LogP contribution in [0.1, 0.15) is 0 Å². The van der Waals surface area contributed by atoms with Crippen LogP contribution in [0.5, 0.6) is 5.75 Å². The monoisotopic (exact) mass is 575 g/mol. The normalized spacial score (nSPS) is 11.0. The van der Waals surface area contributed by atoms with Crippen molar-refractivity contribution in [3.8, 4) is 33.7 Å². The first kappa shape index (κ1) is 26.6. The van der Waals surface area contributed by atoms with Crippen molar-refractivity contribution in [3.63, 3.8) is 0 Å². The Kier molecular flexibility index (Phi) is 7.67. The van der Waals surface area contributed by atoms with Crippen LogP contribution in [0.2, 0.25) is 0 Å². The Balaban J connectivity index is 1.28. The Morgan fingerprint density at radius 2 is 1.49 bits per heavy atom. The first-order valence-corrected chi connectivity index (χ1v) is 14.8. The maximum atomic E-state index is 14.0. The number of nitrogens with zero attached hydrogens (tertiary/aromatic N) is 2. The second-order valence-corrected chi connectivity index (χ2v) is 11.0. The van der Waals surface area contributed by atoms with Crippen LogP contribution >= 0.6 is 23.1 Å². The molecule has 4 aromatic carbocycles. The lowest BCUT2D eigenvalue weighted by Crippen LogP contribution is -2.22. The molecule has 0 aliphatic rings. The number of aromatic nitrogens is 2. The molecule has 6 aromatic rings. The van der Waals surface area contributed by atoms with Gasteiger partial charge < -0.3 is 10.1 Å². The zero-order chi connectivity index (χ0) is 28.2. The standard InChI is InChI=1S/C33H25N3O3S2/c1-39-27-18-14-24(15-19-27)28-20-40-31-30(28)32(38)36(26-10-6-3-7-11-26)33(35-31)41-21-29(37)34-25-16-12-23(13-17-25)22-8-4-2-5-9-22/h2-20H,21H2,1H3,(H,34,37). The fraction of sp³-hybridized carbons (Fsp3) is 0.0606. The number of thioether (sulfide) groups is 1. The van der Waals surface area contributed by atoms with E-state index >= 15 is 0 Å². The smallest absolute Gasteiger partial charge is 0.268 e. The summed E-state index contributed by atoms with van der Waals surface area (Å²) in [5, 5.41) is 5.93. The molecule has 0 radical (unpaired) electrons. The van der Waals surface area contributed by atoms with E-state index < -0.39 is 0 Å². The number of carbonyl (C=O) groups is 1. The topological polar surface area (TPSA) is 73.2 Å². The van der Waals surface area contributed by atoms with Gasteiger partial charge in [-0.25, -0.2) is 4.98 Å². The molecule has 1 amide bonds. The van der Waals surface area contributed by atoms with Crippen LogP contribution < -0.4 is 15.6 Å². The molecule has 0 saturated carbocycles. The number of carbonyl (C=O) groups excluding carboxylic acids is 1. The first-order valence-electron chi connectivity index (χ1n) is 12.9. The molecule has 0 unspecified atom stereocenters. The van der Waals surface area contributed by atoms with Crippen molar-refractivity contribution in [2.75, 3.05) is 18.2 Å². The molecular weight excluding hydrogens is 551 g/mol. The summed E-state index contributed by atoms with van der Waals surface area (Å²) in [5.74, 6) is 0.667. The number of benzene rings is 4. The van der Waals surface area contributed by atoms with Gasteiger partial charge in [0.05, 0.1) is 23.9 Å². The van der Waals surface area contributed by atoms with Gasteiger partial charge >= 0.3 is 0 Å². The third-order valence-corrected chi connectivity index (χ3v) is 8.41. The van der Waals surface area contributed by atoms with E-state index in [1.54, 1.807) is 11.7 Å². The predicted octanol–water partition coefficient (Wildman–Crippen LogP) is 7.52. The molecule has 6 nitrogen and oxygen atoms in total. The molecule has 8 heteroatoms. The number of hydrogen-bond donors (Lipinski definition) is 1. The Morgan fingerprint density at radius 1 is 0.854 bits per heavy atom. The molecule has 2 aromatic heterocycles. The van der Waals surface area contributed by atoms with Gasteiger partial charge in [-0.1, -0.05) is 84.6 Å². The first-order chi connectivity index (χ1) is 20.1. The van der Waals surface area contributed by atoms with Crippen molar-refractivity contribution in [2.24, 2.45) is 0 Å².